The molecule has 0 saturated heterocycles. The van der Waals surface area contributed by atoms with Crippen molar-refractivity contribution in [3.8, 4) is 0 Å². The highest BCUT2D eigenvalue weighted by atomic mass is 32.2. The van der Waals surface area contributed by atoms with Gasteiger partial charge >= 0.3 is 0 Å². The summed E-state index contributed by atoms with van der Waals surface area (Å²) in [7, 11) is -2.22. The number of hydrogen-bond donors (Lipinski definition) is 1. The third-order valence-electron chi connectivity index (χ3n) is 4.78. The Hall–Kier alpha value is -2.87. The zero-order valence-electron chi connectivity index (χ0n) is 18.0. The molecule has 1 atom stereocenters. The molecular formula is C22H29N3O4S. The van der Waals surface area contributed by atoms with Gasteiger partial charge in [-0.1, -0.05) is 36.4 Å². The largest absolute Gasteiger partial charge is 0.357 e. The fraction of sp³-hybridized carbons (Fsp3) is 0.364. The molecule has 162 valence electrons. The molecule has 8 heteroatoms. The van der Waals surface area contributed by atoms with Gasteiger partial charge in [0.2, 0.25) is 21.8 Å². The minimum atomic E-state index is -3.72. The Kier molecular flexibility index (Phi) is 7.61. The van der Waals surface area contributed by atoms with Gasteiger partial charge in [0.15, 0.2) is 0 Å². The van der Waals surface area contributed by atoms with Crippen LogP contribution in [0.4, 0.5) is 5.69 Å². The molecule has 0 saturated carbocycles. The van der Waals surface area contributed by atoms with Crippen LogP contribution in [0.25, 0.3) is 0 Å². The van der Waals surface area contributed by atoms with E-state index in [2.05, 4.69) is 5.32 Å². The van der Waals surface area contributed by atoms with Crippen LogP contribution in [0.5, 0.6) is 0 Å². The summed E-state index contributed by atoms with van der Waals surface area (Å²) in [6.45, 7) is 5.16. The number of benzene rings is 2. The Labute approximate surface area is 178 Å². The Bertz CT molecular complexity index is 986. The molecule has 0 heterocycles. The molecule has 0 fully saturated rings. The van der Waals surface area contributed by atoms with Gasteiger partial charge < -0.3 is 10.2 Å². The molecule has 7 nitrogen and oxygen atoms in total. The zero-order valence-corrected chi connectivity index (χ0v) is 18.9. The van der Waals surface area contributed by atoms with Crippen molar-refractivity contribution in [3.05, 3.63) is 65.2 Å². The second-order valence-corrected chi connectivity index (χ2v) is 9.32. The van der Waals surface area contributed by atoms with Gasteiger partial charge in [-0.15, -0.1) is 0 Å². The highest BCUT2D eigenvalue weighted by Gasteiger charge is 2.29. The second-order valence-electron chi connectivity index (χ2n) is 7.41. The predicted octanol–water partition coefficient (Wildman–Crippen LogP) is 2.23. The molecule has 0 bridgehead atoms. The summed E-state index contributed by atoms with van der Waals surface area (Å²) in [4.78, 5) is 26.9. The van der Waals surface area contributed by atoms with Crippen LogP contribution < -0.4 is 9.62 Å². The molecule has 2 aromatic rings. The Morgan fingerprint density at radius 2 is 1.60 bits per heavy atom. The molecule has 0 unspecified atom stereocenters. The van der Waals surface area contributed by atoms with Crippen LogP contribution >= 0.6 is 0 Å². The number of anilines is 1. The maximum absolute atomic E-state index is 13.2. The van der Waals surface area contributed by atoms with Gasteiger partial charge in [0.1, 0.15) is 12.6 Å². The van der Waals surface area contributed by atoms with Crippen molar-refractivity contribution in [3.63, 3.8) is 0 Å². The van der Waals surface area contributed by atoms with Gasteiger partial charge in [-0.2, -0.15) is 0 Å². The van der Waals surface area contributed by atoms with Crippen molar-refractivity contribution in [1.29, 1.82) is 0 Å². The number of amides is 2. The standard InChI is InChI=1S/C22H29N3O4S/c1-16-11-17(2)13-20(12-16)25(30(5,28)29)15-21(26)24(18(3)22(27)23-4)14-19-9-7-6-8-10-19/h6-13,18H,14-15H2,1-5H3,(H,23,27)/t18-/m1/s1. The molecular weight excluding hydrogens is 402 g/mol. The minimum Gasteiger partial charge on any atom is -0.357 e. The van der Waals surface area contributed by atoms with Gasteiger partial charge in [0.05, 0.1) is 11.9 Å². The third kappa shape index (κ3) is 6.06. The van der Waals surface area contributed by atoms with E-state index < -0.39 is 28.5 Å². The highest BCUT2D eigenvalue weighted by Crippen LogP contribution is 2.22. The number of nitrogens with one attached hydrogen (secondary N) is 1. The van der Waals surface area contributed by atoms with Crippen molar-refractivity contribution < 1.29 is 18.0 Å². The first-order valence-electron chi connectivity index (χ1n) is 9.64. The monoisotopic (exact) mass is 431 g/mol. The summed E-state index contributed by atoms with van der Waals surface area (Å²) in [6.07, 6.45) is 1.07. The molecule has 30 heavy (non-hydrogen) atoms. The van der Waals surface area contributed by atoms with Gasteiger partial charge in [0, 0.05) is 13.6 Å². The summed E-state index contributed by atoms with van der Waals surface area (Å²) >= 11 is 0. The van der Waals surface area contributed by atoms with Gasteiger partial charge in [-0.25, -0.2) is 8.42 Å². The lowest BCUT2D eigenvalue weighted by Crippen LogP contribution is -2.50. The lowest BCUT2D eigenvalue weighted by Gasteiger charge is -2.31. The molecule has 0 radical (unpaired) electrons. The first-order chi connectivity index (χ1) is 14.0. The first kappa shape index (κ1) is 23.4. The second kappa shape index (κ2) is 9.75. The van der Waals surface area contributed by atoms with E-state index in [0.717, 1.165) is 27.3 Å². The lowest BCUT2D eigenvalue weighted by molar-refractivity contribution is -0.139. The van der Waals surface area contributed by atoms with Crippen molar-refractivity contribution in [2.24, 2.45) is 0 Å². The van der Waals surface area contributed by atoms with Gasteiger partial charge in [0.25, 0.3) is 0 Å². The number of rotatable bonds is 8. The van der Waals surface area contributed by atoms with Crippen LogP contribution in [0.1, 0.15) is 23.6 Å². The molecule has 2 rings (SSSR count). The molecule has 2 amide bonds. The summed E-state index contributed by atoms with van der Waals surface area (Å²) in [5, 5.41) is 2.55. The number of nitrogens with zero attached hydrogens (tertiary/aromatic N) is 2. The van der Waals surface area contributed by atoms with Crippen LogP contribution in [0.2, 0.25) is 0 Å². The van der Waals surface area contributed by atoms with E-state index in [9.17, 15) is 18.0 Å². The topological polar surface area (TPSA) is 86.8 Å². The summed E-state index contributed by atoms with van der Waals surface area (Å²) in [5.41, 5.74) is 3.06. The van der Waals surface area contributed by atoms with Crippen LogP contribution in [-0.4, -0.2) is 51.0 Å². The maximum atomic E-state index is 13.2. The van der Waals surface area contributed by atoms with Crippen molar-refractivity contribution in [1.82, 2.24) is 10.2 Å². The van der Waals surface area contributed by atoms with E-state index in [1.165, 1.54) is 11.9 Å². The molecule has 0 aliphatic rings. The Morgan fingerprint density at radius 3 is 2.10 bits per heavy atom. The number of hydrogen-bond acceptors (Lipinski definition) is 4. The highest BCUT2D eigenvalue weighted by molar-refractivity contribution is 7.92. The smallest absolute Gasteiger partial charge is 0.244 e. The van der Waals surface area contributed by atoms with Crippen molar-refractivity contribution >= 4 is 27.5 Å². The molecule has 0 aliphatic carbocycles. The third-order valence-corrected chi connectivity index (χ3v) is 5.92. The molecule has 0 spiro atoms. The lowest BCUT2D eigenvalue weighted by atomic mass is 10.1. The van der Waals surface area contributed by atoms with E-state index in [0.29, 0.717) is 5.69 Å². The number of sulfonamides is 1. The Balaban J connectivity index is 2.39. The number of likely N-dealkylation sites (N-methyl/N-ethyl adjacent to an activating group) is 1. The van der Waals surface area contributed by atoms with Crippen LogP contribution in [-0.2, 0) is 26.2 Å². The van der Waals surface area contributed by atoms with Crippen LogP contribution in [0, 0.1) is 13.8 Å². The fourth-order valence-electron chi connectivity index (χ4n) is 3.28. The average Bonchev–Trinajstić information content (AvgIpc) is 2.68. The maximum Gasteiger partial charge on any atom is 0.244 e. The number of aryl methyl sites for hydroxylation is 2. The van der Waals surface area contributed by atoms with E-state index >= 15 is 0 Å². The van der Waals surface area contributed by atoms with E-state index in [-0.39, 0.29) is 12.5 Å². The van der Waals surface area contributed by atoms with Gasteiger partial charge in [-0.05, 0) is 49.6 Å². The molecule has 0 aromatic heterocycles. The van der Waals surface area contributed by atoms with Crippen molar-refractivity contribution in [2.75, 3.05) is 24.2 Å². The first-order valence-corrected chi connectivity index (χ1v) is 11.5. The molecule has 0 aliphatic heterocycles. The normalized spacial score (nSPS) is 12.2. The summed E-state index contributed by atoms with van der Waals surface area (Å²) in [5.74, 6) is -0.781. The van der Waals surface area contributed by atoms with Crippen molar-refractivity contribution in [2.45, 2.75) is 33.4 Å². The molecule has 2 aromatic carbocycles. The van der Waals surface area contributed by atoms with E-state index in [1.54, 1.807) is 19.1 Å². The summed E-state index contributed by atoms with van der Waals surface area (Å²) in [6, 6.07) is 13.9. The Morgan fingerprint density at radius 1 is 1.03 bits per heavy atom. The van der Waals surface area contributed by atoms with Crippen LogP contribution in [0.3, 0.4) is 0 Å². The summed E-state index contributed by atoms with van der Waals surface area (Å²) < 4.78 is 26.1. The van der Waals surface area contributed by atoms with E-state index in [1.807, 2.05) is 50.2 Å². The fourth-order valence-corrected chi connectivity index (χ4v) is 4.11. The van der Waals surface area contributed by atoms with Gasteiger partial charge in [-0.3, -0.25) is 13.9 Å². The number of carbonyl (C=O) groups is 2. The van der Waals surface area contributed by atoms with Crippen LogP contribution in [0.15, 0.2) is 48.5 Å². The quantitative estimate of drug-likeness (QED) is 0.694. The number of carbonyl (C=O) groups excluding carboxylic acids is 2. The average molecular weight is 432 g/mol. The predicted molar refractivity (Wildman–Crippen MR) is 119 cm³/mol. The zero-order chi connectivity index (χ0) is 22.5. The van der Waals surface area contributed by atoms with E-state index in [4.69, 9.17) is 0 Å². The SMILES string of the molecule is CNC(=O)[C@@H](C)N(Cc1ccccc1)C(=O)CN(c1cc(C)cc(C)c1)S(C)(=O)=O. The molecule has 1 N–H and O–H groups in total. The minimum absolute atomic E-state index is 0.193.